The van der Waals surface area contributed by atoms with E-state index in [9.17, 15) is 14.7 Å². The molecule has 3 aromatic heterocycles. The number of nitrogens with zero attached hydrogens (tertiary/aromatic N) is 4. The van der Waals surface area contributed by atoms with Gasteiger partial charge in [-0.1, -0.05) is 17.3 Å². The van der Waals surface area contributed by atoms with Crippen LogP contribution in [0.1, 0.15) is 63.3 Å². The van der Waals surface area contributed by atoms with Crippen LogP contribution in [0.15, 0.2) is 41.1 Å². The number of rotatable bonds is 10. The highest BCUT2D eigenvalue weighted by Crippen LogP contribution is 2.38. The summed E-state index contributed by atoms with van der Waals surface area (Å²) in [7, 11) is 2.14. The highest BCUT2D eigenvalue weighted by Gasteiger charge is 2.45. The number of hydrogen-bond donors (Lipinski definition) is 1. The number of fused-ring (bicyclic) bond motifs is 3. The van der Waals surface area contributed by atoms with E-state index < -0.39 is 11.6 Å². The van der Waals surface area contributed by atoms with E-state index in [1.54, 1.807) is 18.2 Å². The van der Waals surface area contributed by atoms with E-state index in [0.29, 0.717) is 34.6 Å². The van der Waals surface area contributed by atoms with Crippen LogP contribution >= 0.6 is 22.7 Å². The van der Waals surface area contributed by atoms with Gasteiger partial charge in [0.05, 0.1) is 28.5 Å². The van der Waals surface area contributed by atoms with Crippen molar-refractivity contribution in [3.8, 4) is 0 Å². The predicted octanol–water partition coefficient (Wildman–Crippen LogP) is 4.51. The molecule has 0 amide bonds. The normalized spacial score (nSPS) is 19.3. The van der Waals surface area contributed by atoms with Gasteiger partial charge < -0.3 is 19.5 Å². The maximum atomic E-state index is 13.3. The van der Waals surface area contributed by atoms with Crippen molar-refractivity contribution in [1.82, 2.24) is 19.9 Å². The maximum Gasteiger partial charge on any atom is 0.349 e. The smallest absolute Gasteiger partial charge is 0.349 e. The highest BCUT2D eigenvalue weighted by atomic mass is 32.1. The summed E-state index contributed by atoms with van der Waals surface area (Å²) in [5.74, 6) is -0.591. The third-order valence-electron chi connectivity index (χ3n) is 8.14. The Kier molecular flexibility index (Phi) is 7.82. The lowest BCUT2D eigenvalue weighted by molar-refractivity contribution is -0.169. The molecule has 0 saturated heterocycles. The van der Waals surface area contributed by atoms with Gasteiger partial charge in [0, 0.05) is 23.7 Å². The summed E-state index contributed by atoms with van der Waals surface area (Å²) in [6.07, 6.45) is 4.96. The van der Waals surface area contributed by atoms with Crippen LogP contribution in [-0.4, -0.2) is 63.0 Å². The number of aryl methyl sites for hydroxylation is 1. The molecule has 9 nitrogen and oxygen atoms in total. The van der Waals surface area contributed by atoms with Crippen molar-refractivity contribution in [2.45, 2.75) is 69.6 Å². The molecule has 0 spiro atoms. The van der Waals surface area contributed by atoms with E-state index in [2.05, 4.69) is 22.3 Å². The zero-order valence-corrected chi connectivity index (χ0v) is 24.0. The average molecular weight is 581 g/mol. The molecule has 1 aromatic carbocycles. The van der Waals surface area contributed by atoms with E-state index >= 15 is 0 Å². The first-order valence-electron chi connectivity index (χ1n) is 13.6. The van der Waals surface area contributed by atoms with Gasteiger partial charge in [0.25, 0.3) is 0 Å². The number of carbonyl (C=O) groups excluding carboxylic acids is 2. The van der Waals surface area contributed by atoms with Crippen molar-refractivity contribution in [2.24, 2.45) is 0 Å². The molecule has 4 heterocycles. The second kappa shape index (κ2) is 11.5. The molecule has 1 saturated carbocycles. The van der Waals surface area contributed by atoms with Crippen LogP contribution in [0.25, 0.3) is 11.0 Å². The van der Waals surface area contributed by atoms with Crippen LogP contribution in [0.2, 0.25) is 0 Å². The van der Waals surface area contributed by atoms with Crippen LogP contribution in [0.3, 0.4) is 0 Å². The fourth-order valence-corrected chi connectivity index (χ4v) is 7.63. The Morgan fingerprint density at radius 2 is 1.88 bits per heavy atom. The molecule has 1 aliphatic carbocycles. The lowest BCUT2D eigenvalue weighted by atomic mass is 9.91. The molecule has 6 rings (SSSR count). The Bertz CT molecular complexity index is 1440. The number of thiophene rings is 2. The van der Waals surface area contributed by atoms with Crippen molar-refractivity contribution in [3.05, 3.63) is 67.5 Å². The van der Waals surface area contributed by atoms with Crippen LogP contribution in [0, 0.1) is 0 Å². The molecule has 11 heteroatoms. The Morgan fingerprint density at radius 3 is 2.52 bits per heavy atom. The zero-order valence-electron chi connectivity index (χ0n) is 22.3. The Hall–Kier alpha value is -2.96. The van der Waals surface area contributed by atoms with E-state index in [-0.39, 0.29) is 6.10 Å². The summed E-state index contributed by atoms with van der Waals surface area (Å²) in [6.45, 7) is 2.56. The molecule has 0 atom stereocenters. The van der Waals surface area contributed by atoms with Crippen molar-refractivity contribution in [1.29, 1.82) is 0 Å². The molecule has 4 aromatic rings. The molecule has 1 N–H and O–H groups in total. The molecule has 210 valence electrons. The number of carbonyl (C=O) groups is 2. The first kappa shape index (κ1) is 27.2. The summed E-state index contributed by atoms with van der Waals surface area (Å²) >= 11 is 2.71. The van der Waals surface area contributed by atoms with Gasteiger partial charge in [0.2, 0.25) is 5.60 Å². The average Bonchev–Trinajstić information content (AvgIpc) is 3.79. The SMILES string of the molecule is CN(CCCn1nnc2cc(C=O)c3c(c21)COC3)C1CCC(OC(=O)C(O)(c2cccs2)c2cccs2)CC1. The third kappa shape index (κ3) is 5.01. The summed E-state index contributed by atoms with van der Waals surface area (Å²) in [4.78, 5) is 28.3. The fraction of sp³-hybridized carbons (Fsp3) is 0.448. The minimum absolute atomic E-state index is 0.203. The van der Waals surface area contributed by atoms with Crippen molar-refractivity contribution in [2.75, 3.05) is 13.6 Å². The number of aldehydes is 1. The summed E-state index contributed by atoms with van der Waals surface area (Å²) in [5.41, 5.74) is 2.55. The number of hydrogen-bond acceptors (Lipinski definition) is 10. The molecule has 40 heavy (non-hydrogen) atoms. The molecule has 2 aliphatic rings. The van der Waals surface area contributed by atoms with Gasteiger partial charge in [-0.25, -0.2) is 9.48 Å². The Balaban J connectivity index is 1.02. The van der Waals surface area contributed by atoms with Gasteiger partial charge in [-0.2, -0.15) is 0 Å². The van der Waals surface area contributed by atoms with E-state index in [4.69, 9.17) is 9.47 Å². The summed E-state index contributed by atoms with van der Waals surface area (Å²) in [5, 5.41) is 23.9. The predicted molar refractivity (Wildman–Crippen MR) is 152 cm³/mol. The van der Waals surface area contributed by atoms with Crippen LogP contribution in [0.5, 0.6) is 0 Å². The zero-order chi connectivity index (χ0) is 27.7. The number of aliphatic hydroxyl groups is 1. The van der Waals surface area contributed by atoms with Crippen LogP contribution < -0.4 is 0 Å². The molecule has 1 aliphatic heterocycles. The molecular weight excluding hydrogens is 548 g/mol. The standard InChI is InChI=1S/C29H32N4O5S2/c1-32(11-4-12-33-27-23-18-37-17-22(23)19(16-34)15-24(27)30-31-33)20-7-9-21(10-8-20)38-28(35)29(36,25-5-2-13-39-25)26-6-3-14-40-26/h2-3,5-6,13-16,20-21,36H,4,7-12,17-18H2,1H3. The van der Waals surface area contributed by atoms with Crippen LogP contribution in [0.4, 0.5) is 0 Å². The molecular formula is C29H32N4O5S2. The van der Waals surface area contributed by atoms with Gasteiger partial charge in [0.1, 0.15) is 11.6 Å². The van der Waals surface area contributed by atoms with Gasteiger partial charge in [-0.15, -0.1) is 27.8 Å². The van der Waals surface area contributed by atoms with Crippen molar-refractivity contribution < 1.29 is 24.2 Å². The highest BCUT2D eigenvalue weighted by molar-refractivity contribution is 7.12. The van der Waals surface area contributed by atoms with Gasteiger partial charge in [0.15, 0.2) is 6.29 Å². The molecule has 0 radical (unpaired) electrons. The first-order chi connectivity index (χ1) is 19.5. The van der Waals surface area contributed by atoms with Gasteiger partial charge in [-0.05, 0) is 80.2 Å². The lowest BCUT2D eigenvalue weighted by Gasteiger charge is -2.35. The van der Waals surface area contributed by atoms with Gasteiger partial charge >= 0.3 is 5.97 Å². The Morgan fingerprint density at radius 1 is 1.18 bits per heavy atom. The van der Waals surface area contributed by atoms with Crippen molar-refractivity contribution in [3.63, 3.8) is 0 Å². The van der Waals surface area contributed by atoms with Crippen LogP contribution in [-0.2, 0) is 39.6 Å². The second-order valence-corrected chi connectivity index (χ2v) is 12.4. The van der Waals surface area contributed by atoms with Gasteiger partial charge in [-0.3, -0.25) is 4.79 Å². The summed E-state index contributed by atoms with van der Waals surface area (Å²) < 4.78 is 13.5. The first-order valence-corrected chi connectivity index (χ1v) is 15.4. The second-order valence-electron chi connectivity index (χ2n) is 10.5. The fourth-order valence-electron chi connectivity index (χ4n) is 5.91. The van der Waals surface area contributed by atoms with E-state index in [0.717, 1.165) is 73.6 Å². The van der Waals surface area contributed by atoms with E-state index in [1.807, 2.05) is 27.6 Å². The molecule has 1 fully saturated rings. The lowest BCUT2D eigenvalue weighted by Crippen LogP contribution is -2.42. The monoisotopic (exact) mass is 580 g/mol. The Labute approximate surface area is 240 Å². The van der Waals surface area contributed by atoms with E-state index in [1.165, 1.54) is 22.7 Å². The number of esters is 1. The topological polar surface area (TPSA) is 107 Å². The van der Waals surface area contributed by atoms with Crippen molar-refractivity contribution >= 4 is 46.0 Å². The number of benzene rings is 1. The third-order valence-corrected chi connectivity index (χ3v) is 10.1. The molecule has 0 unspecified atom stereocenters. The number of aromatic nitrogens is 3. The minimum Gasteiger partial charge on any atom is -0.460 e. The summed E-state index contributed by atoms with van der Waals surface area (Å²) in [6, 6.07) is 9.44. The molecule has 0 bridgehead atoms. The minimum atomic E-state index is -1.76. The number of ether oxygens (including phenoxy) is 2. The largest absolute Gasteiger partial charge is 0.460 e. The quantitative estimate of drug-likeness (QED) is 0.216. The maximum absolute atomic E-state index is 13.3.